The fourth-order valence-electron chi connectivity index (χ4n) is 3.02. The van der Waals surface area contributed by atoms with Crippen LogP contribution in [0.1, 0.15) is 24.0 Å². The van der Waals surface area contributed by atoms with Crippen LogP contribution in [0.5, 0.6) is 0 Å². The van der Waals surface area contributed by atoms with Crippen LogP contribution in [-0.2, 0) is 0 Å². The van der Waals surface area contributed by atoms with Crippen LogP contribution in [0.3, 0.4) is 0 Å². The van der Waals surface area contributed by atoms with E-state index < -0.39 is 0 Å². The van der Waals surface area contributed by atoms with Crippen molar-refractivity contribution >= 4 is 21.5 Å². The summed E-state index contributed by atoms with van der Waals surface area (Å²) in [5, 5.41) is 5.13. The minimum absolute atomic E-state index is 0.209. The fourth-order valence-corrected chi connectivity index (χ4v) is 3.02. The van der Waals surface area contributed by atoms with Gasteiger partial charge in [0.25, 0.3) is 0 Å². The molecule has 0 radical (unpaired) electrons. The Kier molecular flexibility index (Phi) is 3.77. The van der Waals surface area contributed by atoms with Gasteiger partial charge in [-0.3, -0.25) is 0 Å². The van der Waals surface area contributed by atoms with Crippen molar-refractivity contribution in [2.75, 3.05) is 0 Å². The molecule has 0 aliphatic carbocycles. The topological polar surface area (TPSA) is 0 Å². The summed E-state index contributed by atoms with van der Waals surface area (Å²) < 4.78 is 0. The molecular weight excluding hydrogens is 288 g/mol. The van der Waals surface area contributed by atoms with E-state index in [0.29, 0.717) is 0 Å². The lowest BCUT2D eigenvalue weighted by molar-refractivity contribution is 1.01. The van der Waals surface area contributed by atoms with Crippen LogP contribution < -0.4 is 0 Å². The highest BCUT2D eigenvalue weighted by atomic mass is 14.1. The Bertz CT molecular complexity index is 1060. The van der Waals surface area contributed by atoms with Crippen molar-refractivity contribution in [1.29, 1.82) is 0 Å². The molecule has 0 heteroatoms. The molecule has 0 saturated heterocycles. The maximum Gasteiger partial charge on any atom is 0.0428 e. The Morgan fingerprint density at radius 3 is 2.00 bits per heavy atom. The summed E-state index contributed by atoms with van der Waals surface area (Å²) in [5.41, 5.74) is 2.33. The first-order valence-corrected chi connectivity index (χ1v) is 8.29. The highest BCUT2D eigenvalue weighted by molar-refractivity contribution is 5.98. The zero-order chi connectivity index (χ0) is 16.4. The monoisotopic (exact) mass is 306 g/mol. The van der Waals surface area contributed by atoms with E-state index in [-0.39, 0.29) is 5.92 Å². The third-order valence-corrected chi connectivity index (χ3v) is 4.44. The van der Waals surface area contributed by atoms with Crippen molar-refractivity contribution in [3.63, 3.8) is 0 Å². The summed E-state index contributed by atoms with van der Waals surface area (Å²) in [6.07, 6.45) is 0. The first-order valence-electron chi connectivity index (χ1n) is 8.29. The third-order valence-electron chi connectivity index (χ3n) is 4.44. The van der Waals surface area contributed by atoms with Gasteiger partial charge in [0.15, 0.2) is 0 Å². The van der Waals surface area contributed by atoms with Crippen LogP contribution in [-0.4, -0.2) is 0 Å². The molecule has 114 valence electrons. The van der Waals surface area contributed by atoms with Gasteiger partial charge >= 0.3 is 0 Å². The second-order valence-corrected chi connectivity index (χ2v) is 6.16. The maximum atomic E-state index is 3.37. The van der Waals surface area contributed by atoms with E-state index in [2.05, 4.69) is 73.4 Å². The minimum Gasteiger partial charge on any atom is -0.0900 e. The highest BCUT2D eigenvalue weighted by Gasteiger charge is 2.04. The maximum absolute atomic E-state index is 3.37. The van der Waals surface area contributed by atoms with Gasteiger partial charge in [-0.25, -0.2) is 0 Å². The average molecular weight is 306 g/mol. The molecule has 0 nitrogen and oxygen atoms in total. The first kappa shape index (κ1) is 14.5. The van der Waals surface area contributed by atoms with Gasteiger partial charge in [0, 0.05) is 11.5 Å². The summed E-state index contributed by atoms with van der Waals surface area (Å²) in [5.74, 6) is 6.85. The van der Waals surface area contributed by atoms with Crippen LogP contribution in [0, 0.1) is 11.8 Å². The molecule has 0 heterocycles. The van der Waals surface area contributed by atoms with Gasteiger partial charge in [-0.2, -0.15) is 0 Å². The summed E-state index contributed by atoms with van der Waals surface area (Å²) in [6, 6.07) is 29.9. The summed E-state index contributed by atoms with van der Waals surface area (Å²) in [6.45, 7) is 2.16. The summed E-state index contributed by atoms with van der Waals surface area (Å²) in [7, 11) is 0. The summed E-state index contributed by atoms with van der Waals surface area (Å²) in [4.78, 5) is 0. The van der Waals surface area contributed by atoms with E-state index in [0.717, 1.165) is 5.56 Å². The second kappa shape index (κ2) is 6.22. The number of fused-ring (bicyclic) bond motifs is 2. The van der Waals surface area contributed by atoms with E-state index in [1.165, 1.54) is 27.1 Å². The molecule has 4 aromatic carbocycles. The molecule has 1 unspecified atom stereocenters. The van der Waals surface area contributed by atoms with Gasteiger partial charge in [-0.1, -0.05) is 66.4 Å². The molecule has 0 aromatic heterocycles. The van der Waals surface area contributed by atoms with Gasteiger partial charge in [0.05, 0.1) is 0 Å². The van der Waals surface area contributed by atoms with Crippen molar-refractivity contribution in [3.05, 3.63) is 96.1 Å². The van der Waals surface area contributed by atoms with Crippen molar-refractivity contribution in [1.82, 2.24) is 0 Å². The Balaban J connectivity index is 1.71. The van der Waals surface area contributed by atoms with E-state index in [9.17, 15) is 0 Å². The zero-order valence-electron chi connectivity index (χ0n) is 13.7. The normalized spacial score (nSPS) is 11.9. The lowest BCUT2D eigenvalue weighted by Crippen LogP contribution is -1.90. The molecular formula is C24H18. The SMILES string of the molecule is CC(C#Cc1ccccc1)c1ccc2cc3ccccc3cc2c1. The Labute approximate surface area is 142 Å². The molecule has 0 N–H and O–H groups in total. The number of benzene rings is 4. The minimum atomic E-state index is 0.209. The summed E-state index contributed by atoms with van der Waals surface area (Å²) >= 11 is 0. The van der Waals surface area contributed by atoms with Gasteiger partial charge in [-0.15, -0.1) is 0 Å². The third kappa shape index (κ3) is 2.90. The molecule has 0 aliphatic heterocycles. The van der Waals surface area contributed by atoms with E-state index in [1.807, 2.05) is 30.3 Å². The number of hydrogen-bond acceptors (Lipinski definition) is 0. The highest BCUT2D eigenvalue weighted by Crippen LogP contribution is 2.26. The Hall–Kier alpha value is -3.04. The van der Waals surface area contributed by atoms with Crippen molar-refractivity contribution in [2.45, 2.75) is 12.8 Å². The molecule has 0 spiro atoms. The van der Waals surface area contributed by atoms with Crippen molar-refractivity contribution in [2.24, 2.45) is 0 Å². The van der Waals surface area contributed by atoms with Gasteiger partial charge in [0.1, 0.15) is 0 Å². The van der Waals surface area contributed by atoms with E-state index in [4.69, 9.17) is 0 Å². The fraction of sp³-hybridized carbons (Fsp3) is 0.0833. The lowest BCUT2D eigenvalue weighted by atomic mass is 9.96. The quantitative estimate of drug-likeness (QED) is 0.292. The lowest BCUT2D eigenvalue weighted by Gasteiger charge is -2.08. The van der Waals surface area contributed by atoms with Crippen LogP contribution >= 0.6 is 0 Å². The molecule has 0 aliphatic rings. The predicted octanol–water partition coefficient (Wildman–Crippen LogP) is 6.15. The Morgan fingerprint density at radius 2 is 1.25 bits per heavy atom. The average Bonchev–Trinajstić information content (AvgIpc) is 2.64. The second-order valence-electron chi connectivity index (χ2n) is 6.16. The molecule has 0 fully saturated rings. The number of hydrogen-bond donors (Lipinski definition) is 0. The van der Waals surface area contributed by atoms with Crippen LogP contribution in [0.25, 0.3) is 21.5 Å². The zero-order valence-corrected chi connectivity index (χ0v) is 13.7. The van der Waals surface area contributed by atoms with Crippen molar-refractivity contribution in [3.8, 4) is 11.8 Å². The molecule has 1 atom stereocenters. The standard InChI is InChI=1S/C24H18/c1-18(11-12-19-7-3-2-4-8-19)20-13-14-23-16-21-9-5-6-10-22(21)17-24(23)15-20/h2-10,13-18H,1H3. The van der Waals surface area contributed by atoms with Gasteiger partial charge in [-0.05, 0) is 64.4 Å². The molecule has 0 saturated carbocycles. The number of rotatable bonds is 1. The molecule has 4 rings (SSSR count). The molecule has 0 bridgehead atoms. The van der Waals surface area contributed by atoms with Crippen LogP contribution in [0.4, 0.5) is 0 Å². The first-order chi connectivity index (χ1) is 11.8. The largest absolute Gasteiger partial charge is 0.0900 e. The molecule has 4 aromatic rings. The smallest absolute Gasteiger partial charge is 0.0428 e. The molecule has 0 amide bonds. The van der Waals surface area contributed by atoms with E-state index >= 15 is 0 Å². The van der Waals surface area contributed by atoms with Crippen molar-refractivity contribution < 1.29 is 0 Å². The van der Waals surface area contributed by atoms with Gasteiger partial charge in [0.2, 0.25) is 0 Å². The predicted molar refractivity (Wildman–Crippen MR) is 103 cm³/mol. The van der Waals surface area contributed by atoms with Crippen LogP contribution in [0.2, 0.25) is 0 Å². The molecule has 24 heavy (non-hydrogen) atoms. The Morgan fingerprint density at radius 1 is 0.625 bits per heavy atom. The van der Waals surface area contributed by atoms with Gasteiger partial charge < -0.3 is 0 Å². The van der Waals surface area contributed by atoms with Crippen LogP contribution in [0.15, 0.2) is 84.9 Å². The van der Waals surface area contributed by atoms with E-state index in [1.54, 1.807) is 0 Å².